The topological polar surface area (TPSA) is 0 Å². The van der Waals surface area contributed by atoms with Crippen molar-refractivity contribution >= 4 is 22.6 Å². The van der Waals surface area contributed by atoms with Crippen molar-refractivity contribution in [1.29, 1.82) is 0 Å². The van der Waals surface area contributed by atoms with Gasteiger partial charge in [0.2, 0.25) is 0 Å². The summed E-state index contributed by atoms with van der Waals surface area (Å²) in [6.45, 7) is 2.24. The molecule has 0 spiro atoms. The first-order valence-electron chi connectivity index (χ1n) is 4.50. The average molecular weight is 274 g/mol. The van der Waals surface area contributed by atoms with Gasteiger partial charge in [0.15, 0.2) is 0 Å². The molecule has 0 bridgehead atoms. The predicted molar refractivity (Wildman–Crippen MR) is 62.8 cm³/mol. The number of hydrogen-bond donors (Lipinski definition) is 0. The molecule has 0 atom stereocenters. The first kappa shape index (κ1) is 10.0. The Bertz CT molecular complexity index is 230. The Morgan fingerprint density at radius 2 is 2.00 bits per heavy atom. The quantitative estimate of drug-likeness (QED) is 0.575. The Labute approximate surface area is 88.5 Å². The van der Waals surface area contributed by atoms with Crippen molar-refractivity contribution in [3.8, 4) is 0 Å². The van der Waals surface area contributed by atoms with Gasteiger partial charge in [0, 0.05) is 4.43 Å². The Hall–Kier alpha value is -0.0500. The van der Waals surface area contributed by atoms with Gasteiger partial charge in [-0.1, -0.05) is 60.2 Å². The molecule has 1 rings (SSSR count). The van der Waals surface area contributed by atoms with Crippen LogP contribution < -0.4 is 0 Å². The second-order valence-corrected chi connectivity index (χ2v) is 3.82. The maximum Gasteiger partial charge on any atom is 0.0247 e. The number of alkyl halides is 1. The van der Waals surface area contributed by atoms with Gasteiger partial charge in [-0.2, -0.15) is 0 Å². The number of rotatable bonds is 4. The third-order valence-corrected chi connectivity index (χ3v) is 2.85. The molecular weight excluding hydrogens is 259 g/mol. The summed E-state index contributed by atoms with van der Waals surface area (Å²) < 4.78 is 1.12. The Balaban J connectivity index is 2.60. The van der Waals surface area contributed by atoms with E-state index < -0.39 is 0 Å². The highest BCUT2D eigenvalue weighted by atomic mass is 127. The maximum absolute atomic E-state index is 2.41. The Morgan fingerprint density at radius 1 is 1.25 bits per heavy atom. The van der Waals surface area contributed by atoms with Crippen molar-refractivity contribution in [2.45, 2.75) is 30.6 Å². The molecule has 0 nitrogen and oxygen atoms in total. The minimum atomic E-state index is 1.12. The molecule has 0 fully saturated rings. The molecule has 0 radical (unpaired) electrons. The SMILES string of the molecule is CCCCc1cccc(CI)c1. The first-order valence-corrected chi connectivity index (χ1v) is 6.03. The fraction of sp³-hybridized carbons (Fsp3) is 0.455. The second kappa shape index (κ2) is 5.57. The number of aryl methyl sites for hydroxylation is 1. The van der Waals surface area contributed by atoms with Gasteiger partial charge in [-0.15, -0.1) is 0 Å². The van der Waals surface area contributed by atoms with Crippen LogP contribution in [0.2, 0.25) is 0 Å². The lowest BCUT2D eigenvalue weighted by atomic mass is 10.1. The van der Waals surface area contributed by atoms with E-state index >= 15 is 0 Å². The highest BCUT2D eigenvalue weighted by Gasteiger charge is 1.93. The molecule has 0 saturated carbocycles. The maximum atomic E-state index is 2.41. The van der Waals surface area contributed by atoms with Gasteiger partial charge in [-0.05, 0) is 24.0 Å². The zero-order valence-electron chi connectivity index (χ0n) is 7.52. The van der Waals surface area contributed by atoms with E-state index in [9.17, 15) is 0 Å². The summed E-state index contributed by atoms with van der Waals surface area (Å²) in [5.41, 5.74) is 2.94. The molecule has 0 aliphatic carbocycles. The number of hydrogen-bond acceptors (Lipinski definition) is 0. The Kier molecular flexibility index (Phi) is 4.66. The van der Waals surface area contributed by atoms with Gasteiger partial charge in [0.05, 0.1) is 0 Å². The van der Waals surface area contributed by atoms with Crippen molar-refractivity contribution in [2.24, 2.45) is 0 Å². The van der Waals surface area contributed by atoms with Crippen LogP contribution in [0, 0.1) is 0 Å². The highest BCUT2D eigenvalue weighted by molar-refractivity contribution is 14.1. The van der Waals surface area contributed by atoms with Gasteiger partial charge < -0.3 is 0 Å². The molecule has 0 aliphatic heterocycles. The molecular formula is C11H15I. The molecule has 0 aromatic heterocycles. The summed E-state index contributed by atoms with van der Waals surface area (Å²) in [6, 6.07) is 8.91. The molecule has 0 N–H and O–H groups in total. The molecule has 0 heterocycles. The van der Waals surface area contributed by atoms with Crippen LogP contribution in [0.25, 0.3) is 0 Å². The van der Waals surface area contributed by atoms with Crippen LogP contribution >= 0.6 is 22.6 Å². The Morgan fingerprint density at radius 3 is 2.67 bits per heavy atom. The van der Waals surface area contributed by atoms with Gasteiger partial charge >= 0.3 is 0 Å². The summed E-state index contributed by atoms with van der Waals surface area (Å²) in [5, 5.41) is 0. The fourth-order valence-corrected chi connectivity index (χ4v) is 1.72. The molecule has 66 valence electrons. The highest BCUT2D eigenvalue weighted by Crippen LogP contribution is 2.11. The number of unbranched alkanes of at least 4 members (excludes halogenated alkanes) is 1. The third kappa shape index (κ3) is 3.13. The molecule has 0 aliphatic rings. The van der Waals surface area contributed by atoms with E-state index in [1.54, 1.807) is 0 Å². The summed E-state index contributed by atoms with van der Waals surface area (Å²) >= 11 is 2.41. The van der Waals surface area contributed by atoms with Crippen LogP contribution in [-0.4, -0.2) is 0 Å². The van der Waals surface area contributed by atoms with Gasteiger partial charge in [-0.25, -0.2) is 0 Å². The standard InChI is InChI=1S/C11H15I/c1-2-3-5-10-6-4-7-11(8-10)9-12/h4,6-8H,2-3,5,9H2,1H3. The minimum absolute atomic E-state index is 1.12. The monoisotopic (exact) mass is 274 g/mol. The number of benzene rings is 1. The number of halogens is 1. The first-order chi connectivity index (χ1) is 5.86. The average Bonchev–Trinajstić information content (AvgIpc) is 2.15. The van der Waals surface area contributed by atoms with Gasteiger partial charge in [0.25, 0.3) is 0 Å². The van der Waals surface area contributed by atoms with Crippen molar-refractivity contribution in [2.75, 3.05) is 0 Å². The van der Waals surface area contributed by atoms with Crippen LogP contribution in [0.5, 0.6) is 0 Å². The second-order valence-electron chi connectivity index (χ2n) is 3.06. The molecule has 0 amide bonds. The van der Waals surface area contributed by atoms with Crippen molar-refractivity contribution in [3.63, 3.8) is 0 Å². The van der Waals surface area contributed by atoms with Gasteiger partial charge in [0.1, 0.15) is 0 Å². The normalized spacial score (nSPS) is 10.2. The molecule has 12 heavy (non-hydrogen) atoms. The van der Waals surface area contributed by atoms with E-state index in [1.165, 1.54) is 30.4 Å². The lowest BCUT2D eigenvalue weighted by molar-refractivity contribution is 0.794. The summed E-state index contributed by atoms with van der Waals surface area (Å²) in [5.74, 6) is 0. The van der Waals surface area contributed by atoms with Crippen LogP contribution in [0.1, 0.15) is 30.9 Å². The largest absolute Gasteiger partial charge is 0.0812 e. The van der Waals surface area contributed by atoms with Crippen molar-refractivity contribution in [3.05, 3.63) is 35.4 Å². The smallest absolute Gasteiger partial charge is 0.0247 e. The lowest BCUT2D eigenvalue weighted by Crippen LogP contribution is -1.86. The molecule has 0 saturated heterocycles. The predicted octanol–water partition coefficient (Wildman–Crippen LogP) is 3.96. The zero-order valence-corrected chi connectivity index (χ0v) is 9.67. The minimum Gasteiger partial charge on any atom is -0.0812 e. The third-order valence-electron chi connectivity index (χ3n) is 1.96. The zero-order chi connectivity index (χ0) is 8.81. The van der Waals surface area contributed by atoms with Crippen molar-refractivity contribution in [1.82, 2.24) is 0 Å². The molecule has 0 unspecified atom stereocenters. The lowest BCUT2D eigenvalue weighted by Gasteiger charge is -2.01. The summed E-state index contributed by atoms with van der Waals surface area (Å²) in [4.78, 5) is 0. The molecule has 1 aromatic carbocycles. The summed E-state index contributed by atoms with van der Waals surface area (Å²) in [7, 11) is 0. The van der Waals surface area contributed by atoms with Gasteiger partial charge in [-0.3, -0.25) is 0 Å². The van der Waals surface area contributed by atoms with E-state index in [1.807, 2.05) is 0 Å². The van der Waals surface area contributed by atoms with E-state index in [0.717, 1.165) is 4.43 Å². The van der Waals surface area contributed by atoms with Crippen LogP contribution in [0.4, 0.5) is 0 Å². The van der Waals surface area contributed by atoms with Crippen molar-refractivity contribution < 1.29 is 0 Å². The van der Waals surface area contributed by atoms with E-state index in [0.29, 0.717) is 0 Å². The summed E-state index contributed by atoms with van der Waals surface area (Å²) in [6.07, 6.45) is 3.83. The van der Waals surface area contributed by atoms with Crippen LogP contribution in [0.15, 0.2) is 24.3 Å². The molecule has 1 aromatic rings. The van der Waals surface area contributed by atoms with E-state index in [4.69, 9.17) is 0 Å². The van der Waals surface area contributed by atoms with E-state index in [2.05, 4.69) is 53.8 Å². The van der Waals surface area contributed by atoms with Crippen LogP contribution in [-0.2, 0) is 10.8 Å². The van der Waals surface area contributed by atoms with E-state index in [-0.39, 0.29) is 0 Å². The fourth-order valence-electron chi connectivity index (χ4n) is 1.25. The molecule has 1 heteroatoms. The van der Waals surface area contributed by atoms with Crippen LogP contribution in [0.3, 0.4) is 0 Å².